The number of rotatable bonds is 5. The Kier molecular flexibility index (Phi) is 4.50. The van der Waals surface area contributed by atoms with E-state index in [0.29, 0.717) is 17.9 Å². The van der Waals surface area contributed by atoms with Gasteiger partial charge in [-0.25, -0.2) is 0 Å². The fourth-order valence-corrected chi connectivity index (χ4v) is 1.55. The van der Waals surface area contributed by atoms with E-state index >= 15 is 0 Å². The molecule has 0 unspecified atom stereocenters. The molecule has 0 bridgehead atoms. The standard InChI is InChI=1S/C13H19NO2/c1-10-7-11(2)12(9-15)13(8-10)16-6-5-14(3)4/h7-9H,5-6H2,1-4H3. The third kappa shape index (κ3) is 3.35. The van der Waals surface area contributed by atoms with Crippen LogP contribution in [0.25, 0.3) is 0 Å². The van der Waals surface area contributed by atoms with E-state index in [1.165, 1.54) is 0 Å². The van der Waals surface area contributed by atoms with Gasteiger partial charge in [0, 0.05) is 6.54 Å². The number of hydrogen-bond donors (Lipinski definition) is 0. The Morgan fingerprint density at radius 1 is 1.31 bits per heavy atom. The van der Waals surface area contributed by atoms with Crippen LogP contribution in [0.2, 0.25) is 0 Å². The Bertz CT molecular complexity index is 372. The van der Waals surface area contributed by atoms with Gasteiger partial charge in [0.15, 0.2) is 6.29 Å². The summed E-state index contributed by atoms with van der Waals surface area (Å²) in [6.07, 6.45) is 0.861. The van der Waals surface area contributed by atoms with Crippen LogP contribution in [0.5, 0.6) is 5.75 Å². The summed E-state index contributed by atoms with van der Waals surface area (Å²) in [5, 5.41) is 0. The lowest BCUT2D eigenvalue weighted by Crippen LogP contribution is -2.19. The lowest BCUT2D eigenvalue weighted by atomic mass is 10.1. The van der Waals surface area contributed by atoms with Crippen molar-refractivity contribution in [2.75, 3.05) is 27.2 Å². The van der Waals surface area contributed by atoms with Gasteiger partial charge >= 0.3 is 0 Å². The first-order valence-corrected chi connectivity index (χ1v) is 5.38. The van der Waals surface area contributed by atoms with Gasteiger partial charge in [0.25, 0.3) is 0 Å². The van der Waals surface area contributed by atoms with E-state index in [2.05, 4.69) is 0 Å². The minimum absolute atomic E-state index is 0.594. The number of hydrogen-bond acceptors (Lipinski definition) is 3. The summed E-state index contributed by atoms with van der Waals surface area (Å²) in [5.74, 6) is 0.689. The maximum Gasteiger partial charge on any atom is 0.154 e. The molecule has 1 rings (SSSR count). The van der Waals surface area contributed by atoms with Gasteiger partial charge in [-0.1, -0.05) is 6.07 Å². The van der Waals surface area contributed by atoms with Gasteiger partial charge in [0.1, 0.15) is 12.4 Å². The fraction of sp³-hybridized carbons (Fsp3) is 0.462. The number of benzene rings is 1. The molecule has 3 nitrogen and oxygen atoms in total. The molecular formula is C13H19NO2. The summed E-state index contributed by atoms with van der Waals surface area (Å²) in [5.41, 5.74) is 2.74. The van der Waals surface area contributed by atoms with Gasteiger partial charge < -0.3 is 9.64 Å². The van der Waals surface area contributed by atoms with Crippen LogP contribution < -0.4 is 4.74 Å². The molecule has 0 spiro atoms. The van der Waals surface area contributed by atoms with Crippen LogP contribution in [-0.2, 0) is 0 Å². The molecule has 0 heterocycles. The highest BCUT2D eigenvalue weighted by molar-refractivity contribution is 5.81. The second-order valence-corrected chi connectivity index (χ2v) is 4.26. The van der Waals surface area contributed by atoms with Gasteiger partial charge in [-0.05, 0) is 45.1 Å². The van der Waals surface area contributed by atoms with E-state index in [4.69, 9.17) is 4.74 Å². The second kappa shape index (κ2) is 5.66. The Hall–Kier alpha value is -1.35. The van der Waals surface area contributed by atoms with Crippen LogP contribution in [0, 0.1) is 13.8 Å². The van der Waals surface area contributed by atoms with Crippen LogP contribution in [-0.4, -0.2) is 38.4 Å². The largest absolute Gasteiger partial charge is 0.491 e. The van der Waals surface area contributed by atoms with E-state index < -0.39 is 0 Å². The summed E-state index contributed by atoms with van der Waals surface area (Å²) < 4.78 is 5.63. The Balaban J connectivity index is 2.81. The molecule has 0 radical (unpaired) electrons. The van der Waals surface area contributed by atoms with Crippen molar-refractivity contribution in [2.24, 2.45) is 0 Å². The summed E-state index contributed by atoms with van der Waals surface area (Å²) in [7, 11) is 3.98. The molecule has 0 saturated carbocycles. The molecule has 0 aliphatic rings. The number of ether oxygens (including phenoxy) is 1. The molecule has 0 amide bonds. The lowest BCUT2D eigenvalue weighted by Gasteiger charge is -2.14. The summed E-state index contributed by atoms with van der Waals surface area (Å²) in [6.45, 7) is 5.36. The van der Waals surface area contributed by atoms with Crippen molar-refractivity contribution >= 4 is 6.29 Å². The molecular weight excluding hydrogens is 202 g/mol. The maximum atomic E-state index is 11.0. The normalized spacial score (nSPS) is 10.6. The van der Waals surface area contributed by atoms with Crippen molar-refractivity contribution < 1.29 is 9.53 Å². The monoisotopic (exact) mass is 221 g/mol. The van der Waals surface area contributed by atoms with Crippen molar-refractivity contribution in [2.45, 2.75) is 13.8 Å². The van der Waals surface area contributed by atoms with Crippen molar-refractivity contribution in [3.8, 4) is 5.75 Å². The first kappa shape index (κ1) is 12.7. The van der Waals surface area contributed by atoms with Crippen LogP contribution in [0.3, 0.4) is 0 Å². The highest BCUT2D eigenvalue weighted by Crippen LogP contribution is 2.22. The molecule has 3 heteroatoms. The van der Waals surface area contributed by atoms with Crippen molar-refractivity contribution in [3.63, 3.8) is 0 Å². The highest BCUT2D eigenvalue weighted by atomic mass is 16.5. The number of likely N-dealkylation sites (N-methyl/N-ethyl adjacent to an activating group) is 1. The zero-order valence-corrected chi connectivity index (χ0v) is 10.4. The molecule has 0 aliphatic carbocycles. The van der Waals surface area contributed by atoms with Gasteiger partial charge in [-0.3, -0.25) is 4.79 Å². The molecule has 1 aromatic rings. The van der Waals surface area contributed by atoms with Gasteiger partial charge in [-0.15, -0.1) is 0 Å². The quantitative estimate of drug-likeness (QED) is 0.713. The molecule has 1 aromatic carbocycles. The Morgan fingerprint density at radius 3 is 2.56 bits per heavy atom. The molecule has 0 fully saturated rings. The molecule has 0 N–H and O–H groups in total. The average Bonchev–Trinajstić information content (AvgIpc) is 2.16. The smallest absolute Gasteiger partial charge is 0.154 e. The van der Waals surface area contributed by atoms with Gasteiger partial charge in [-0.2, -0.15) is 0 Å². The highest BCUT2D eigenvalue weighted by Gasteiger charge is 2.07. The van der Waals surface area contributed by atoms with E-state index in [0.717, 1.165) is 24.0 Å². The number of carbonyl (C=O) groups excluding carboxylic acids is 1. The number of aldehydes is 1. The molecule has 0 saturated heterocycles. The number of carbonyl (C=O) groups is 1. The zero-order chi connectivity index (χ0) is 12.1. The molecule has 0 aliphatic heterocycles. The SMILES string of the molecule is Cc1cc(C)c(C=O)c(OCCN(C)C)c1. The van der Waals surface area contributed by atoms with Crippen LogP contribution >= 0.6 is 0 Å². The molecule has 0 atom stereocenters. The van der Waals surface area contributed by atoms with E-state index in [1.807, 2.05) is 45.0 Å². The average molecular weight is 221 g/mol. The molecule has 16 heavy (non-hydrogen) atoms. The van der Waals surface area contributed by atoms with Crippen molar-refractivity contribution in [1.29, 1.82) is 0 Å². The van der Waals surface area contributed by atoms with Crippen LogP contribution in [0.4, 0.5) is 0 Å². The Labute approximate surface area is 97.0 Å². The van der Waals surface area contributed by atoms with Crippen molar-refractivity contribution in [3.05, 3.63) is 28.8 Å². The van der Waals surface area contributed by atoms with E-state index in [9.17, 15) is 4.79 Å². The summed E-state index contributed by atoms with van der Waals surface area (Å²) >= 11 is 0. The minimum Gasteiger partial charge on any atom is -0.491 e. The lowest BCUT2D eigenvalue weighted by molar-refractivity contribution is 0.111. The summed E-state index contributed by atoms with van der Waals surface area (Å²) in [4.78, 5) is 13.0. The summed E-state index contributed by atoms with van der Waals surface area (Å²) in [6, 6.07) is 3.90. The number of aryl methyl sites for hydroxylation is 2. The first-order valence-electron chi connectivity index (χ1n) is 5.38. The van der Waals surface area contributed by atoms with E-state index in [-0.39, 0.29) is 0 Å². The fourth-order valence-electron chi connectivity index (χ4n) is 1.55. The molecule has 0 aromatic heterocycles. The minimum atomic E-state index is 0.594. The predicted octanol–water partition coefficient (Wildman–Crippen LogP) is 2.06. The third-order valence-electron chi connectivity index (χ3n) is 2.41. The zero-order valence-electron chi connectivity index (χ0n) is 10.4. The second-order valence-electron chi connectivity index (χ2n) is 4.26. The third-order valence-corrected chi connectivity index (χ3v) is 2.41. The first-order chi connectivity index (χ1) is 7.54. The van der Waals surface area contributed by atoms with Crippen LogP contribution in [0.1, 0.15) is 21.5 Å². The maximum absolute atomic E-state index is 11.0. The predicted molar refractivity (Wildman–Crippen MR) is 65.4 cm³/mol. The Morgan fingerprint density at radius 2 is 2.00 bits per heavy atom. The van der Waals surface area contributed by atoms with Crippen molar-refractivity contribution in [1.82, 2.24) is 4.90 Å². The van der Waals surface area contributed by atoms with Gasteiger partial charge in [0.05, 0.1) is 5.56 Å². The number of nitrogens with zero attached hydrogens (tertiary/aromatic N) is 1. The molecule has 88 valence electrons. The van der Waals surface area contributed by atoms with Crippen LogP contribution in [0.15, 0.2) is 12.1 Å². The van der Waals surface area contributed by atoms with E-state index in [1.54, 1.807) is 0 Å². The topological polar surface area (TPSA) is 29.5 Å². The van der Waals surface area contributed by atoms with Gasteiger partial charge in [0.2, 0.25) is 0 Å².